The normalized spacial score (nSPS) is 29.2. The minimum absolute atomic E-state index is 0.0839. The van der Waals surface area contributed by atoms with Gasteiger partial charge in [0.05, 0.1) is 17.4 Å². The number of sulfone groups is 1. The molecule has 0 aromatic heterocycles. The molecule has 0 aromatic carbocycles. The van der Waals surface area contributed by atoms with Crippen LogP contribution in [-0.2, 0) is 14.6 Å². The lowest BCUT2D eigenvalue weighted by Crippen LogP contribution is -2.62. The summed E-state index contributed by atoms with van der Waals surface area (Å²) in [5.41, 5.74) is 0. The van der Waals surface area contributed by atoms with Crippen molar-refractivity contribution in [1.29, 1.82) is 0 Å². The Kier molecular flexibility index (Phi) is 1.85. The predicted molar refractivity (Wildman–Crippen MR) is 45.1 cm³/mol. The van der Waals surface area contributed by atoms with E-state index >= 15 is 0 Å². The van der Waals surface area contributed by atoms with Gasteiger partial charge in [-0.2, -0.15) is 0 Å². The molecule has 2 fully saturated rings. The van der Waals surface area contributed by atoms with Gasteiger partial charge >= 0.3 is 5.97 Å². The van der Waals surface area contributed by atoms with E-state index in [2.05, 4.69) is 0 Å². The standard InChI is InChI=1S/C7H11NO4S/c9-7(10)5-1-8(2-5)6-3-13(11,12)4-6/h5-6H,1-4H2,(H,9,10). The molecule has 0 amide bonds. The number of carboxylic acids is 1. The summed E-state index contributed by atoms with van der Waals surface area (Å²) < 4.78 is 21.6. The first kappa shape index (κ1) is 8.96. The zero-order valence-corrected chi connectivity index (χ0v) is 7.83. The Hall–Kier alpha value is -0.620. The summed E-state index contributed by atoms with van der Waals surface area (Å²) in [6.45, 7) is 1.02. The van der Waals surface area contributed by atoms with Gasteiger partial charge in [0, 0.05) is 19.1 Å². The van der Waals surface area contributed by atoms with Gasteiger partial charge in [-0.25, -0.2) is 8.42 Å². The molecule has 2 aliphatic rings. The summed E-state index contributed by atoms with van der Waals surface area (Å²) in [6.07, 6.45) is 0. The number of nitrogens with zero attached hydrogens (tertiary/aromatic N) is 1. The smallest absolute Gasteiger partial charge is 0.309 e. The summed E-state index contributed by atoms with van der Waals surface area (Å²) in [6, 6.07) is 0.0839. The number of likely N-dealkylation sites (tertiary alicyclic amines) is 1. The quantitative estimate of drug-likeness (QED) is 0.613. The zero-order valence-electron chi connectivity index (χ0n) is 7.01. The van der Waals surface area contributed by atoms with Crippen LogP contribution in [0.2, 0.25) is 0 Å². The molecular weight excluding hydrogens is 194 g/mol. The van der Waals surface area contributed by atoms with Crippen molar-refractivity contribution in [2.45, 2.75) is 6.04 Å². The monoisotopic (exact) mass is 205 g/mol. The Balaban J connectivity index is 1.80. The Labute approximate surface area is 76.3 Å². The van der Waals surface area contributed by atoms with E-state index in [1.54, 1.807) is 0 Å². The Morgan fingerprint density at radius 1 is 1.31 bits per heavy atom. The van der Waals surface area contributed by atoms with Crippen molar-refractivity contribution < 1.29 is 18.3 Å². The van der Waals surface area contributed by atoms with Crippen molar-refractivity contribution in [2.75, 3.05) is 24.6 Å². The van der Waals surface area contributed by atoms with Gasteiger partial charge in [-0.1, -0.05) is 0 Å². The van der Waals surface area contributed by atoms with Crippen LogP contribution in [-0.4, -0.2) is 55.0 Å². The number of carboxylic acid groups (broad SMARTS) is 1. The van der Waals surface area contributed by atoms with Gasteiger partial charge in [-0.3, -0.25) is 9.69 Å². The highest BCUT2D eigenvalue weighted by molar-refractivity contribution is 7.92. The summed E-state index contributed by atoms with van der Waals surface area (Å²) in [7, 11) is -2.78. The maximum atomic E-state index is 10.8. The third-order valence-corrected chi connectivity index (χ3v) is 4.45. The van der Waals surface area contributed by atoms with Gasteiger partial charge < -0.3 is 5.11 Å². The lowest BCUT2D eigenvalue weighted by Gasteiger charge is -2.45. The van der Waals surface area contributed by atoms with Crippen LogP contribution in [0.3, 0.4) is 0 Å². The molecule has 0 bridgehead atoms. The van der Waals surface area contributed by atoms with Crippen molar-refractivity contribution in [3.63, 3.8) is 0 Å². The van der Waals surface area contributed by atoms with Crippen molar-refractivity contribution >= 4 is 15.8 Å². The zero-order chi connectivity index (χ0) is 9.64. The van der Waals surface area contributed by atoms with E-state index in [-0.39, 0.29) is 23.5 Å². The van der Waals surface area contributed by atoms with Gasteiger partial charge in [0.2, 0.25) is 0 Å². The molecule has 0 atom stereocenters. The molecule has 0 aromatic rings. The Morgan fingerprint density at radius 2 is 1.85 bits per heavy atom. The third kappa shape index (κ3) is 1.55. The van der Waals surface area contributed by atoms with Gasteiger partial charge in [0.1, 0.15) is 0 Å². The number of hydrogen-bond donors (Lipinski definition) is 1. The first-order valence-corrected chi connectivity index (χ1v) is 5.97. The molecule has 1 N–H and O–H groups in total. The highest BCUT2D eigenvalue weighted by Gasteiger charge is 2.44. The van der Waals surface area contributed by atoms with Gasteiger partial charge in [0.25, 0.3) is 0 Å². The van der Waals surface area contributed by atoms with Gasteiger partial charge in [-0.15, -0.1) is 0 Å². The van der Waals surface area contributed by atoms with Crippen LogP contribution >= 0.6 is 0 Å². The van der Waals surface area contributed by atoms with E-state index < -0.39 is 15.8 Å². The highest BCUT2D eigenvalue weighted by atomic mass is 32.2. The second-order valence-electron chi connectivity index (χ2n) is 3.72. The number of aliphatic carboxylic acids is 1. The average Bonchev–Trinajstić information content (AvgIpc) is 1.78. The van der Waals surface area contributed by atoms with Crippen molar-refractivity contribution in [3.05, 3.63) is 0 Å². The fraction of sp³-hybridized carbons (Fsp3) is 0.857. The van der Waals surface area contributed by atoms with Crippen molar-refractivity contribution in [2.24, 2.45) is 5.92 Å². The molecule has 13 heavy (non-hydrogen) atoms. The molecular formula is C7H11NO4S. The molecule has 0 spiro atoms. The first-order valence-electron chi connectivity index (χ1n) is 4.15. The molecule has 2 rings (SSSR count). The second-order valence-corrected chi connectivity index (χ2v) is 5.87. The Morgan fingerprint density at radius 3 is 2.23 bits per heavy atom. The molecule has 5 nitrogen and oxygen atoms in total. The predicted octanol–water partition coefficient (Wildman–Crippen LogP) is -1.20. The number of carbonyl (C=O) groups is 1. The minimum Gasteiger partial charge on any atom is -0.481 e. The topological polar surface area (TPSA) is 74.7 Å². The van der Waals surface area contributed by atoms with Crippen LogP contribution in [0, 0.1) is 5.92 Å². The van der Waals surface area contributed by atoms with Crippen LogP contribution in [0.4, 0.5) is 0 Å². The summed E-state index contributed by atoms with van der Waals surface area (Å²) in [5.74, 6) is -0.652. The van der Waals surface area contributed by atoms with Gasteiger partial charge in [-0.05, 0) is 0 Å². The molecule has 2 heterocycles. The van der Waals surface area contributed by atoms with Crippen LogP contribution in [0.25, 0.3) is 0 Å². The van der Waals surface area contributed by atoms with E-state index in [1.807, 2.05) is 4.90 Å². The van der Waals surface area contributed by atoms with E-state index in [1.165, 1.54) is 0 Å². The molecule has 2 aliphatic heterocycles. The number of hydrogen-bond acceptors (Lipinski definition) is 4. The summed E-state index contributed by atoms with van der Waals surface area (Å²) in [4.78, 5) is 12.4. The summed E-state index contributed by atoms with van der Waals surface area (Å²) in [5, 5.41) is 8.58. The SMILES string of the molecule is O=C(O)C1CN(C2CS(=O)(=O)C2)C1. The maximum absolute atomic E-state index is 10.8. The third-order valence-electron chi connectivity index (χ3n) is 2.67. The Bertz CT molecular complexity index is 318. The molecule has 6 heteroatoms. The maximum Gasteiger partial charge on any atom is 0.309 e. The summed E-state index contributed by atoms with van der Waals surface area (Å²) >= 11 is 0. The lowest BCUT2D eigenvalue weighted by atomic mass is 9.98. The van der Waals surface area contributed by atoms with Gasteiger partial charge in [0.15, 0.2) is 9.84 Å². The van der Waals surface area contributed by atoms with Crippen molar-refractivity contribution in [1.82, 2.24) is 4.90 Å². The molecule has 0 radical (unpaired) electrons. The lowest BCUT2D eigenvalue weighted by molar-refractivity contribution is -0.148. The second kappa shape index (κ2) is 2.68. The largest absolute Gasteiger partial charge is 0.481 e. The fourth-order valence-corrected chi connectivity index (χ4v) is 3.21. The molecule has 0 saturated carbocycles. The van der Waals surface area contributed by atoms with Crippen LogP contribution in [0.5, 0.6) is 0 Å². The van der Waals surface area contributed by atoms with Crippen LogP contribution < -0.4 is 0 Å². The highest BCUT2D eigenvalue weighted by Crippen LogP contribution is 2.25. The molecule has 0 aliphatic carbocycles. The molecule has 0 unspecified atom stereocenters. The van der Waals surface area contributed by atoms with E-state index in [4.69, 9.17) is 5.11 Å². The fourth-order valence-electron chi connectivity index (χ4n) is 1.72. The van der Waals surface area contributed by atoms with E-state index in [0.29, 0.717) is 13.1 Å². The van der Waals surface area contributed by atoms with Crippen LogP contribution in [0.15, 0.2) is 0 Å². The van der Waals surface area contributed by atoms with Crippen molar-refractivity contribution in [3.8, 4) is 0 Å². The molecule has 74 valence electrons. The first-order chi connectivity index (χ1) is 5.98. The van der Waals surface area contributed by atoms with E-state index in [9.17, 15) is 13.2 Å². The number of rotatable bonds is 2. The van der Waals surface area contributed by atoms with Crippen LogP contribution in [0.1, 0.15) is 0 Å². The van der Waals surface area contributed by atoms with E-state index in [0.717, 1.165) is 0 Å². The molecule has 2 saturated heterocycles. The average molecular weight is 205 g/mol. The minimum atomic E-state index is -2.78.